The zero-order chi connectivity index (χ0) is 26.5. The van der Waals surface area contributed by atoms with E-state index in [1.165, 1.54) is 24.1 Å². The topological polar surface area (TPSA) is 122 Å². The van der Waals surface area contributed by atoms with Gasteiger partial charge in [0.15, 0.2) is 5.84 Å². The van der Waals surface area contributed by atoms with Crippen LogP contribution in [0.2, 0.25) is 0 Å². The lowest BCUT2D eigenvalue weighted by molar-refractivity contribution is -0.140. The number of hydrogen-bond donors (Lipinski definition) is 1. The number of likely N-dealkylation sites (tertiary alicyclic amines) is 1. The Labute approximate surface area is 212 Å². The lowest BCUT2D eigenvalue weighted by Gasteiger charge is -2.31. The molecule has 1 fully saturated rings. The lowest BCUT2D eigenvalue weighted by Crippen LogP contribution is -2.55. The highest BCUT2D eigenvalue weighted by Crippen LogP contribution is 2.27. The molecule has 36 heavy (non-hydrogen) atoms. The zero-order valence-electron chi connectivity index (χ0n) is 21.1. The van der Waals surface area contributed by atoms with E-state index >= 15 is 0 Å². The Kier molecular flexibility index (Phi) is 8.86. The van der Waals surface area contributed by atoms with Crippen molar-refractivity contribution in [1.82, 2.24) is 9.21 Å². The van der Waals surface area contributed by atoms with Gasteiger partial charge in [0.05, 0.1) is 10.9 Å². The summed E-state index contributed by atoms with van der Waals surface area (Å²) in [5.41, 5.74) is 7.48. The SMILES string of the molecule is CON=C(c1ccc(C)cc1)N(C(=O)[C@@H]1CCCN1C(=O)[C@H](N)CC(C)C)S(=O)(=O)c1ccccc1. The first-order chi connectivity index (χ1) is 17.1. The molecule has 1 heterocycles. The summed E-state index contributed by atoms with van der Waals surface area (Å²) in [6.07, 6.45) is 1.33. The molecule has 0 spiro atoms. The number of rotatable bonds is 8. The van der Waals surface area contributed by atoms with Crippen LogP contribution in [0, 0.1) is 12.8 Å². The van der Waals surface area contributed by atoms with Crippen LogP contribution in [0.3, 0.4) is 0 Å². The van der Waals surface area contributed by atoms with Crippen molar-refractivity contribution in [1.29, 1.82) is 0 Å². The number of amidine groups is 1. The summed E-state index contributed by atoms with van der Waals surface area (Å²) >= 11 is 0. The molecule has 0 saturated carbocycles. The largest absolute Gasteiger partial charge is 0.397 e. The fourth-order valence-corrected chi connectivity index (χ4v) is 5.71. The molecule has 3 rings (SSSR count). The molecule has 9 nitrogen and oxygen atoms in total. The van der Waals surface area contributed by atoms with E-state index in [0.717, 1.165) is 5.56 Å². The average molecular weight is 515 g/mol. The van der Waals surface area contributed by atoms with E-state index in [9.17, 15) is 18.0 Å². The Bertz CT molecular complexity index is 1200. The molecule has 0 bridgehead atoms. The van der Waals surface area contributed by atoms with Gasteiger partial charge in [-0.25, -0.2) is 8.42 Å². The van der Waals surface area contributed by atoms with E-state index < -0.39 is 28.0 Å². The van der Waals surface area contributed by atoms with Gasteiger partial charge >= 0.3 is 0 Å². The van der Waals surface area contributed by atoms with E-state index in [1.807, 2.05) is 20.8 Å². The van der Waals surface area contributed by atoms with Gasteiger partial charge in [0.1, 0.15) is 13.2 Å². The van der Waals surface area contributed by atoms with Crippen molar-refractivity contribution in [3.8, 4) is 0 Å². The highest BCUT2D eigenvalue weighted by atomic mass is 32.2. The van der Waals surface area contributed by atoms with Crippen molar-refractivity contribution in [2.45, 2.75) is 57.0 Å². The minimum atomic E-state index is -4.40. The fraction of sp³-hybridized carbons (Fsp3) is 0.423. The third-order valence-electron chi connectivity index (χ3n) is 6.02. The number of benzene rings is 2. The second-order valence-corrected chi connectivity index (χ2v) is 11.1. The van der Waals surface area contributed by atoms with Crippen LogP contribution in [0.4, 0.5) is 0 Å². The first-order valence-electron chi connectivity index (χ1n) is 12.0. The predicted molar refractivity (Wildman–Crippen MR) is 137 cm³/mol. The number of nitrogens with two attached hydrogens (primary N) is 1. The standard InChI is InChI=1S/C26H34N4O5S/c1-18(2)17-22(27)25(31)29-16-8-11-23(29)26(32)30(36(33,34)21-9-6-5-7-10-21)24(28-35-4)20-14-12-19(3)13-15-20/h5-7,9-10,12-15,18,22-23H,8,11,16-17,27H2,1-4H3/t22-,23+/m1/s1. The van der Waals surface area contributed by atoms with Gasteiger partial charge in [0.2, 0.25) is 5.91 Å². The molecule has 10 heteroatoms. The zero-order valence-corrected chi connectivity index (χ0v) is 21.9. The van der Waals surface area contributed by atoms with Gasteiger partial charge in [-0.3, -0.25) is 9.59 Å². The van der Waals surface area contributed by atoms with Crippen molar-refractivity contribution in [2.75, 3.05) is 13.7 Å². The number of nitrogens with zero attached hydrogens (tertiary/aromatic N) is 3. The monoisotopic (exact) mass is 514 g/mol. The molecule has 1 aliphatic rings. The summed E-state index contributed by atoms with van der Waals surface area (Å²) in [6.45, 7) is 6.14. The average Bonchev–Trinajstić information content (AvgIpc) is 3.34. The number of carbonyl (C=O) groups is 2. The van der Waals surface area contributed by atoms with Gasteiger partial charge in [-0.2, -0.15) is 4.31 Å². The Morgan fingerprint density at radius 3 is 2.36 bits per heavy atom. The van der Waals surface area contributed by atoms with Crippen molar-refractivity contribution in [3.05, 3.63) is 65.7 Å². The Hall–Kier alpha value is -3.24. The molecule has 2 atom stereocenters. The quantitative estimate of drug-likeness (QED) is 0.328. The molecule has 2 aromatic rings. The summed E-state index contributed by atoms with van der Waals surface area (Å²) in [7, 11) is -3.12. The van der Waals surface area contributed by atoms with Gasteiger partial charge in [0.25, 0.3) is 15.9 Å². The maximum atomic E-state index is 14.1. The van der Waals surface area contributed by atoms with Crippen LogP contribution < -0.4 is 5.73 Å². The number of hydrogen-bond acceptors (Lipinski definition) is 7. The van der Waals surface area contributed by atoms with Gasteiger partial charge in [-0.05, 0) is 44.2 Å². The summed E-state index contributed by atoms with van der Waals surface area (Å²) in [5.74, 6) is -1.13. The first kappa shape index (κ1) is 27.3. The smallest absolute Gasteiger partial charge is 0.272 e. The number of sulfonamides is 1. The van der Waals surface area contributed by atoms with E-state index in [1.54, 1.807) is 42.5 Å². The van der Waals surface area contributed by atoms with Gasteiger partial charge in [0, 0.05) is 12.1 Å². The van der Waals surface area contributed by atoms with Crippen molar-refractivity contribution in [3.63, 3.8) is 0 Å². The molecule has 2 aromatic carbocycles. The second kappa shape index (κ2) is 11.7. The van der Waals surface area contributed by atoms with Crippen molar-refractivity contribution < 1.29 is 22.8 Å². The lowest BCUT2D eigenvalue weighted by atomic mass is 10.0. The normalized spacial score (nSPS) is 17.2. The van der Waals surface area contributed by atoms with Crippen LogP contribution in [0.1, 0.15) is 44.2 Å². The molecule has 1 saturated heterocycles. The molecule has 0 unspecified atom stereocenters. The van der Waals surface area contributed by atoms with Gasteiger partial charge in [-0.15, -0.1) is 0 Å². The molecular formula is C26H34N4O5S. The number of aryl methyl sites for hydroxylation is 1. The molecule has 2 amide bonds. The van der Waals surface area contributed by atoms with E-state index in [4.69, 9.17) is 10.6 Å². The maximum Gasteiger partial charge on any atom is 0.272 e. The summed E-state index contributed by atoms with van der Waals surface area (Å²) in [6, 6.07) is 12.8. The van der Waals surface area contributed by atoms with Crippen LogP contribution in [0.25, 0.3) is 0 Å². The van der Waals surface area contributed by atoms with Crippen molar-refractivity contribution in [2.24, 2.45) is 16.8 Å². The highest BCUT2D eigenvalue weighted by molar-refractivity contribution is 7.90. The fourth-order valence-electron chi connectivity index (χ4n) is 4.27. The van der Waals surface area contributed by atoms with E-state index in [0.29, 0.717) is 35.7 Å². The molecule has 194 valence electrons. The minimum absolute atomic E-state index is 0.0818. The van der Waals surface area contributed by atoms with Crippen molar-refractivity contribution >= 4 is 27.7 Å². The third-order valence-corrected chi connectivity index (χ3v) is 7.73. The Morgan fingerprint density at radius 1 is 1.14 bits per heavy atom. The van der Waals surface area contributed by atoms with Crippen LogP contribution in [-0.2, 0) is 24.4 Å². The van der Waals surface area contributed by atoms with E-state index in [-0.39, 0.29) is 22.6 Å². The molecule has 2 N–H and O–H groups in total. The summed E-state index contributed by atoms with van der Waals surface area (Å²) in [4.78, 5) is 33.5. The number of carbonyl (C=O) groups excluding carboxylic acids is 2. The van der Waals surface area contributed by atoms with Crippen LogP contribution in [-0.4, -0.2) is 61.0 Å². The molecule has 0 aromatic heterocycles. The molecule has 0 aliphatic carbocycles. The number of amides is 2. The van der Waals surface area contributed by atoms with Crippen LogP contribution >= 0.6 is 0 Å². The van der Waals surface area contributed by atoms with Crippen LogP contribution in [0.5, 0.6) is 0 Å². The molecular weight excluding hydrogens is 480 g/mol. The number of oxime groups is 1. The first-order valence-corrected chi connectivity index (χ1v) is 13.4. The van der Waals surface area contributed by atoms with E-state index in [2.05, 4.69) is 5.16 Å². The second-order valence-electron chi connectivity index (χ2n) is 9.31. The highest BCUT2D eigenvalue weighted by Gasteiger charge is 2.44. The predicted octanol–water partition coefficient (Wildman–Crippen LogP) is 2.88. The molecule has 1 aliphatic heterocycles. The minimum Gasteiger partial charge on any atom is -0.397 e. The Balaban J connectivity index is 2.10. The van der Waals surface area contributed by atoms with Gasteiger partial charge in [-0.1, -0.05) is 67.0 Å². The third kappa shape index (κ3) is 5.93. The van der Waals surface area contributed by atoms with Crippen LogP contribution in [0.15, 0.2) is 64.6 Å². The summed E-state index contributed by atoms with van der Waals surface area (Å²) < 4.78 is 28.4. The maximum absolute atomic E-state index is 14.1. The Morgan fingerprint density at radius 2 is 1.78 bits per heavy atom. The summed E-state index contributed by atoms with van der Waals surface area (Å²) in [5, 5.41) is 3.97. The van der Waals surface area contributed by atoms with Gasteiger partial charge < -0.3 is 15.5 Å². The molecule has 0 radical (unpaired) electrons.